The van der Waals surface area contributed by atoms with Crippen LogP contribution >= 0.6 is 31.9 Å². The van der Waals surface area contributed by atoms with Crippen LogP contribution in [0.5, 0.6) is 0 Å². The van der Waals surface area contributed by atoms with Crippen LogP contribution in [0.15, 0.2) is 62.4 Å². The maximum absolute atomic E-state index is 12.5. The van der Waals surface area contributed by atoms with Crippen LogP contribution < -0.4 is 0 Å². The van der Waals surface area contributed by atoms with Gasteiger partial charge in [0.25, 0.3) is 0 Å². The van der Waals surface area contributed by atoms with Crippen molar-refractivity contribution in [3.63, 3.8) is 0 Å². The zero-order valence-corrected chi connectivity index (χ0v) is 17.6. The largest absolute Gasteiger partial charge is 0.371 e. The van der Waals surface area contributed by atoms with Gasteiger partial charge < -0.3 is 4.74 Å². The van der Waals surface area contributed by atoms with Crippen molar-refractivity contribution in [3.05, 3.63) is 63.0 Å². The van der Waals surface area contributed by atoms with E-state index in [2.05, 4.69) is 36.8 Å². The minimum absolute atomic E-state index is 0.0263. The molecule has 1 heterocycles. The minimum Gasteiger partial charge on any atom is -0.371 e. The van der Waals surface area contributed by atoms with Crippen LogP contribution in [-0.2, 0) is 14.6 Å². The molecule has 2 aromatic rings. The molecule has 0 aromatic heterocycles. The highest BCUT2D eigenvalue weighted by Gasteiger charge is 2.24. The van der Waals surface area contributed by atoms with Crippen molar-refractivity contribution in [2.45, 2.75) is 11.0 Å². The Bertz CT molecular complexity index is 824. The van der Waals surface area contributed by atoms with Gasteiger partial charge >= 0.3 is 0 Å². The Kier molecular flexibility index (Phi) is 6.33. The van der Waals surface area contributed by atoms with Gasteiger partial charge in [0.2, 0.25) is 0 Å². The van der Waals surface area contributed by atoms with E-state index in [1.807, 2.05) is 24.3 Å². The molecule has 0 amide bonds. The summed E-state index contributed by atoms with van der Waals surface area (Å²) in [5.74, 6) is 0.111. The molecule has 1 unspecified atom stereocenters. The third-order valence-corrected chi connectivity index (χ3v) is 6.95. The first-order valence-corrected chi connectivity index (χ1v) is 11.3. The normalized spacial score (nSPS) is 19.0. The Hall–Kier alpha value is -0.730. The van der Waals surface area contributed by atoms with E-state index >= 15 is 0 Å². The molecule has 1 aliphatic heterocycles. The van der Waals surface area contributed by atoms with Crippen LogP contribution in [-0.4, -0.2) is 45.3 Å². The summed E-state index contributed by atoms with van der Waals surface area (Å²) in [7, 11) is -3.28. The second-order valence-corrected chi connectivity index (χ2v) is 9.93. The second-order valence-electron chi connectivity index (χ2n) is 5.99. The fraction of sp³-hybridized carbons (Fsp3) is 0.333. The molecule has 7 heteroatoms. The molecule has 0 radical (unpaired) electrons. The molecule has 0 spiro atoms. The van der Waals surface area contributed by atoms with Gasteiger partial charge in [0.05, 0.1) is 23.4 Å². The SMILES string of the molecule is O=S(=O)(CCN1CCOC(c2cccc(Br)c2)C1)c1ccc(Br)cc1. The molecule has 1 atom stereocenters. The molecule has 1 fully saturated rings. The van der Waals surface area contributed by atoms with Crippen molar-refractivity contribution < 1.29 is 13.2 Å². The van der Waals surface area contributed by atoms with Gasteiger partial charge in [0, 0.05) is 28.6 Å². The highest BCUT2D eigenvalue weighted by atomic mass is 79.9. The van der Waals surface area contributed by atoms with E-state index in [9.17, 15) is 8.42 Å². The summed E-state index contributed by atoms with van der Waals surface area (Å²) in [4.78, 5) is 2.53. The topological polar surface area (TPSA) is 46.6 Å². The highest BCUT2D eigenvalue weighted by molar-refractivity contribution is 9.10. The van der Waals surface area contributed by atoms with Crippen molar-refractivity contribution in [2.24, 2.45) is 0 Å². The lowest BCUT2D eigenvalue weighted by atomic mass is 10.1. The van der Waals surface area contributed by atoms with Crippen molar-refractivity contribution >= 4 is 41.7 Å². The molecular weight excluding hydrogens is 470 g/mol. The summed E-state index contributed by atoms with van der Waals surface area (Å²) >= 11 is 6.81. The maximum atomic E-state index is 12.5. The number of rotatable bonds is 5. The molecule has 0 N–H and O–H groups in total. The van der Waals surface area contributed by atoms with Crippen LogP contribution in [0.3, 0.4) is 0 Å². The van der Waals surface area contributed by atoms with E-state index in [4.69, 9.17) is 4.74 Å². The Balaban J connectivity index is 1.62. The lowest BCUT2D eigenvalue weighted by Crippen LogP contribution is -2.40. The first kappa shape index (κ1) is 19.0. The predicted molar refractivity (Wildman–Crippen MR) is 105 cm³/mol. The number of hydrogen-bond donors (Lipinski definition) is 0. The summed E-state index contributed by atoms with van der Waals surface area (Å²) in [6.07, 6.45) is -0.0263. The van der Waals surface area contributed by atoms with Crippen molar-refractivity contribution in [1.29, 1.82) is 0 Å². The molecule has 0 aliphatic carbocycles. The molecule has 1 aliphatic rings. The average Bonchev–Trinajstić information content (AvgIpc) is 2.61. The highest BCUT2D eigenvalue weighted by Crippen LogP contribution is 2.25. The number of hydrogen-bond acceptors (Lipinski definition) is 4. The van der Waals surface area contributed by atoms with Gasteiger partial charge in [0.1, 0.15) is 0 Å². The number of nitrogens with zero attached hydrogens (tertiary/aromatic N) is 1. The van der Waals surface area contributed by atoms with E-state index in [0.29, 0.717) is 24.6 Å². The number of ether oxygens (including phenoxy) is 1. The Morgan fingerprint density at radius 2 is 1.84 bits per heavy atom. The number of halogens is 2. The standard InChI is InChI=1S/C18H19Br2NO3S/c19-15-4-6-17(7-5-15)25(22,23)11-9-21-8-10-24-18(13-21)14-2-1-3-16(20)12-14/h1-7,12,18H,8-11,13H2. The lowest BCUT2D eigenvalue weighted by molar-refractivity contribution is -0.0279. The lowest BCUT2D eigenvalue weighted by Gasteiger charge is -2.33. The molecule has 0 saturated carbocycles. The van der Waals surface area contributed by atoms with Gasteiger partial charge in [-0.2, -0.15) is 0 Å². The quantitative estimate of drug-likeness (QED) is 0.636. The monoisotopic (exact) mass is 487 g/mol. The van der Waals surface area contributed by atoms with Crippen molar-refractivity contribution in [2.75, 3.05) is 32.0 Å². The molecule has 25 heavy (non-hydrogen) atoms. The molecule has 134 valence electrons. The van der Waals surface area contributed by atoms with E-state index in [1.54, 1.807) is 24.3 Å². The second kappa shape index (κ2) is 8.31. The smallest absolute Gasteiger partial charge is 0.179 e. The number of sulfone groups is 1. The molecule has 3 rings (SSSR count). The van der Waals surface area contributed by atoms with E-state index in [-0.39, 0.29) is 11.9 Å². The van der Waals surface area contributed by atoms with Gasteiger partial charge in [-0.05, 0) is 42.0 Å². The Morgan fingerprint density at radius 1 is 1.08 bits per heavy atom. The first-order chi connectivity index (χ1) is 11.9. The molecule has 2 aromatic carbocycles. The van der Waals surface area contributed by atoms with Crippen LogP contribution in [0.1, 0.15) is 11.7 Å². The molecule has 0 bridgehead atoms. The first-order valence-electron chi connectivity index (χ1n) is 8.02. The fourth-order valence-electron chi connectivity index (χ4n) is 2.82. The van der Waals surface area contributed by atoms with Crippen molar-refractivity contribution in [3.8, 4) is 0 Å². The summed E-state index contributed by atoms with van der Waals surface area (Å²) in [6, 6.07) is 14.8. The zero-order valence-electron chi connectivity index (χ0n) is 13.6. The Labute approximate surface area is 165 Å². The van der Waals surface area contributed by atoms with Gasteiger partial charge in [-0.15, -0.1) is 0 Å². The minimum atomic E-state index is -3.28. The third-order valence-electron chi connectivity index (χ3n) is 4.22. The van der Waals surface area contributed by atoms with Crippen LogP contribution in [0.2, 0.25) is 0 Å². The van der Waals surface area contributed by atoms with Gasteiger partial charge in [-0.1, -0.05) is 44.0 Å². The van der Waals surface area contributed by atoms with Gasteiger partial charge in [-0.25, -0.2) is 8.42 Å². The summed E-state index contributed by atoms with van der Waals surface area (Å²) in [5.41, 5.74) is 1.11. The zero-order chi connectivity index (χ0) is 17.9. The number of morpholine rings is 1. The summed E-state index contributed by atoms with van der Waals surface area (Å²) < 4.78 is 32.8. The Morgan fingerprint density at radius 3 is 2.56 bits per heavy atom. The number of benzene rings is 2. The van der Waals surface area contributed by atoms with Crippen molar-refractivity contribution in [1.82, 2.24) is 4.90 Å². The molecular formula is C18H19Br2NO3S. The van der Waals surface area contributed by atoms with E-state index < -0.39 is 9.84 Å². The van der Waals surface area contributed by atoms with Crippen LogP contribution in [0, 0.1) is 0 Å². The van der Waals surface area contributed by atoms with E-state index in [1.165, 1.54) is 0 Å². The van der Waals surface area contributed by atoms with Gasteiger partial charge in [0.15, 0.2) is 9.84 Å². The average molecular weight is 489 g/mol. The molecule has 1 saturated heterocycles. The maximum Gasteiger partial charge on any atom is 0.179 e. The summed E-state index contributed by atoms with van der Waals surface area (Å²) in [5, 5.41) is 0. The van der Waals surface area contributed by atoms with Crippen LogP contribution in [0.4, 0.5) is 0 Å². The molecule has 4 nitrogen and oxygen atoms in total. The van der Waals surface area contributed by atoms with Crippen LogP contribution in [0.25, 0.3) is 0 Å². The third kappa shape index (κ3) is 5.14. The fourth-order valence-corrected chi connectivity index (χ4v) is 4.79. The summed E-state index contributed by atoms with van der Waals surface area (Å²) in [6.45, 7) is 2.56. The van der Waals surface area contributed by atoms with E-state index in [0.717, 1.165) is 21.1 Å². The van der Waals surface area contributed by atoms with Gasteiger partial charge in [-0.3, -0.25) is 4.90 Å². The predicted octanol–water partition coefficient (Wildman–Crippen LogP) is 4.06.